The number of anilines is 1. The molecular weight excluding hydrogens is 287 g/mol. The van der Waals surface area contributed by atoms with Gasteiger partial charge < -0.3 is 15.8 Å². The summed E-state index contributed by atoms with van der Waals surface area (Å²) in [5.74, 6) is 0.796. The van der Waals surface area contributed by atoms with Crippen LogP contribution in [0.25, 0.3) is 0 Å². The molecule has 0 aliphatic rings. The van der Waals surface area contributed by atoms with Gasteiger partial charge in [-0.3, -0.25) is 4.79 Å². The molecule has 1 amide bonds. The van der Waals surface area contributed by atoms with Crippen molar-refractivity contribution < 1.29 is 9.53 Å². The maximum Gasteiger partial charge on any atom is 0.240 e. The molecular formula is C13H20Cl2N2O2. The lowest BCUT2D eigenvalue weighted by Gasteiger charge is -2.12. The van der Waals surface area contributed by atoms with Crippen molar-refractivity contribution in [3.63, 3.8) is 0 Å². The highest BCUT2D eigenvalue weighted by Crippen LogP contribution is 2.28. The van der Waals surface area contributed by atoms with E-state index in [-0.39, 0.29) is 18.3 Å². The molecule has 3 N–H and O–H groups in total. The van der Waals surface area contributed by atoms with Gasteiger partial charge in [-0.2, -0.15) is 0 Å². The van der Waals surface area contributed by atoms with E-state index < -0.39 is 6.04 Å². The number of amides is 1. The third-order valence-corrected chi connectivity index (χ3v) is 2.48. The molecule has 0 unspecified atom stereocenters. The Balaban J connectivity index is 0.00000324. The number of benzene rings is 1. The first kappa shape index (κ1) is 18.0. The Labute approximate surface area is 125 Å². The lowest BCUT2D eigenvalue weighted by molar-refractivity contribution is -0.117. The van der Waals surface area contributed by atoms with E-state index in [2.05, 4.69) is 19.2 Å². The molecule has 19 heavy (non-hydrogen) atoms. The predicted octanol–water partition coefficient (Wildman–Crippen LogP) is 3.08. The minimum atomic E-state index is -0.555. The first-order chi connectivity index (χ1) is 8.40. The number of carbonyl (C=O) groups excluding carboxylic acids is 1. The van der Waals surface area contributed by atoms with E-state index in [9.17, 15) is 4.79 Å². The molecule has 0 aliphatic carbocycles. The van der Waals surface area contributed by atoms with Crippen LogP contribution in [0.5, 0.6) is 5.75 Å². The fourth-order valence-corrected chi connectivity index (χ4v) is 1.44. The Bertz CT molecular complexity index is 423. The zero-order valence-electron chi connectivity index (χ0n) is 11.3. The van der Waals surface area contributed by atoms with Crippen LogP contribution >= 0.6 is 24.0 Å². The minimum absolute atomic E-state index is 0. The number of rotatable bonds is 5. The van der Waals surface area contributed by atoms with Crippen LogP contribution in [-0.2, 0) is 4.79 Å². The molecule has 0 bridgehead atoms. The van der Waals surface area contributed by atoms with Crippen LogP contribution < -0.4 is 15.8 Å². The molecule has 0 heterocycles. The van der Waals surface area contributed by atoms with E-state index in [0.717, 1.165) is 0 Å². The second kappa shape index (κ2) is 8.25. The zero-order valence-corrected chi connectivity index (χ0v) is 12.8. The number of nitrogens with one attached hydrogen (secondary N) is 1. The van der Waals surface area contributed by atoms with Gasteiger partial charge in [0.1, 0.15) is 5.75 Å². The van der Waals surface area contributed by atoms with Gasteiger partial charge in [0.15, 0.2) is 0 Å². The summed E-state index contributed by atoms with van der Waals surface area (Å²) in [6.45, 7) is 6.35. The van der Waals surface area contributed by atoms with Crippen molar-refractivity contribution in [3.8, 4) is 5.75 Å². The van der Waals surface area contributed by atoms with Gasteiger partial charge in [0.2, 0.25) is 5.91 Å². The van der Waals surface area contributed by atoms with Gasteiger partial charge in [0, 0.05) is 5.69 Å². The summed E-state index contributed by atoms with van der Waals surface area (Å²) in [6.07, 6.45) is 0. The quantitative estimate of drug-likeness (QED) is 0.878. The van der Waals surface area contributed by atoms with Gasteiger partial charge in [-0.1, -0.05) is 25.4 Å². The summed E-state index contributed by atoms with van der Waals surface area (Å²) in [5.41, 5.74) is 6.07. The third kappa shape index (κ3) is 6.14. The van der Waals surface area contributed by atoms with Crippen molar-refractivity contribution >= 4 is 35.6 Å². The number of hydrogen-bond donors (Lipinski definition) is 2. The van der Waals surface area contributed by atoms with Gasteiger partial charge in [0.05, 0.1) is 17.7 Å². The van der Waals surface area contributed by atoms with E-state index in [4.69, 9.17) is 22.1 Å². The predicted molar refractivity (Wildman–Crippen MR) is 81.3 cm³/mol. The van der Waals surface area contributed by atoms with Crippen LogP contribution in [0.15, 0.2) is 18.2 Å². The first-order valence-corrected chi connectivity index (χ1v) is 6.26. The molecule has 1 aromatic carbocycles. The topological polar surface area (TPSA) is 64.3 Å². The second-order valence-electron chi connectivity index (χ2n) is 4.63. The first-order valence-electron chi connectivity index (χ1n) is 5.89. The Morgan fingerprint density at radius 2 is 2.05 bits per heavy atom. The Kier molecular flexibility index (Phi) is 7.83. The molecule has 0 radical (unpaired) electrons. The number of halogens is 2. The summed E-state index contributed by atoms with van der Waals surface area (Å²) in [4.78, 5) is 11.4. The van der Waals surface area contributed by atoms with Gasteiger partial charge >= 0.3 is 0 Å². The molecule has 0 spiro atoms. The van der Waals surface area contributed by atoms with Crippen molar-refractivity contribution in [1.29, 1.82) is 0 Å². The Morgan fingerprint density at radius 1 is 1.42 bits per heavy atom. The van der Waals surface area contributed by atoms with Gasteiger partial charge in [-0.25, -0.2) is 0 Å². The van der Waals surface area contributed by atoms with Gasteiger partial charge in [0.25, 0.3) is 0 Å². The summed E-state index contributed by atoms with van der Waals surface area (Å²) in [7, 11) is 0. The molecule has 0 aliphatic heterocycles. The monoisotopic (exact) mass is 306 g/mol. The molecule has 1 atom stereocenters. The van der Waals surface area contributed by atoms with Crippen molar-refractivity contribution in [2.45, 2.75) is 26.8 Å². The largest absolute Gasteiger partial charge is 0.492 e. The van der Waals surface area contributed by atoms with Crippen LogP contribution in [-0.4, -0.2) is 18.6 Å². The Hall–Kier alpha value is -0.970. The fraction of sp³-hybridized carbons (Fsp3) is 0.462. The van der Waals surface area contributed by atoms with E-state index in [0.29, 0.717) is 29.0 Å². The van der Waals surface area contributed by atoms with Crippen molar-refractivity contribution in [1.82, 2.24) is 0 Å². The lowest BCUT2D eigenvalue weighted by Crippen LogP contribution is -2.32. The Morgan fingerprint density at radius 3 is 2.53 bits per heavy atom. The normalized spacial score (nSPS) is 11.7. The number of nitrogens with two attached hydrogens (primary N) is 1. The van der Waals surface area contributed by atoms with E-state index >= 15 is 0 Å². The van der Waals surface area contributed by atoms with Crippen LogP contribution in [0, 0.1) is 5.92 Å². The molecule has 0 saturated carbocycles. The van der Waals surface area contributed by atoms with Gasteiger partial charge in [-0.15, -0.1) is 12.4 Å². The number of carbonyl (C=O) groups is 1. The molecule has 0 fully saturated rings. The third-order valence-electron chi connectivity index (χ3n) is 2.19. The molecule has 4 nitrogen and oxygen atoms in total. The molecule has 6 heteroatoms. The second-order valence-corrected chi connectivity index (χ2v) is 5.04. The molecule has 1 rings (SSSR count). The maximum atomic E-state index is 11.4. The smallest absolute Gasteiger partial charge is 0.240 e. The van der Waals surface area contributed by atoms with Gasteiger partial charge in [-0.05, 0) is 31.0 Å². The SMILES string of the molecule is CC(C)COc1ccc(NC(=O)[C@H](C)N)cc1Cl.Cl. The van der Waals surface area contributed by atoms with Crippen LogP contribution in [0.2, 0.25) is 5.02 Å². The molecule has 0 aromatic heterocycles. The van der Waals surface area contributed by atoms with Crippen molar-refractivity contribution in [2.75, 3.05) is 11.9 Å². The van der Waals surface area contributed by atoms with E-state index in [1.807, 2.05) is 0 Å². The van der Waals surface area contributed by atoms with Crippen LogP contribution in [0.4, 0.5) is 5.69 Å². The summed E-state index contributed by atoms with van der Waals surface area (Å²) in [6, 6.07) is 4.57. The average molecular weight is 307 g/mol. The van der Waals surface area contributed by atoms with Crippen molar-refractivity contribution in [3.05, 3.63) is 23.2 Å². The van der Waals surface area contributed by atoms with Crippen LogP contribution in [0.1, 0.15) is 20.8 Å². The average Bonchev–Trinajstić information content (AvgIpc) is 2.27. The highest BCUT2D eigenvalue weighted by atomic mass is 35.5. The zero-order chi connectivity index (χ0) is 13.7. The summed E-state index contributed by atoms with van der Waals surface area (Å²) in [5, 5.41) is 3.14. The van der Waals surface area contributed by atoms with Crippen LogP contribution in [0.3, 0.4) is 0 Å². The molecule has 108 valence electrons. The summed E-state index contributed by atoms with van der Waals surface area (Å²) < 4.78 is 5.54. The van der Waals surface area contributed by atoms with E-state index in [1.165, 1.54) is 0 Å². The number of ether oxygens (including phenoxy) is 1. The highest BCUT2D eigenvalue weighted by Gasteiger charge is 2.09. The molecule has 1 aromatic rings. The number of hydrogen-bond acceptors (Lipinski definition) is 3. The maximum absolute atomic E-state index is 11.4. The lowest BCUT2D eigenvalue weighted by atomic mass is 10.2. The van der Waals surface area contributed by atoms with Crippen molar-refractivity contribution in [2.24, 2.45) is 11.7 Å². The standard InChI is InChI=1S/C13H19ClN2O2.ClH/c1-8(2)7-18-12-5-4-10(6-11(12)14)16-13(17)9(3)15;/h4-6,8-9H,7,15H2,1-3H3,(H,16,17);1H/t9-;/m0./s1. The minimum Gasteiger partial charge on any atom is -0.492 e. The summed E-state index contributed by atoms with van der Waals surface area (Å²) >= 11 is 6.07. The fourth-order valence-electron chi connectivity index (χ4n) is 1.21. The highest BCUT2D eigenvalue weighted by molar-refractivity contribution is 6.32. The van der Waals surface area contributed by atoms with E-state index in [1.54, 1.807) is 25.1 Å². The molecule has 0 saturated heterocycles.